The number of aromatic nitrogens is 4. The van der Waals surface area contributed by atoms with E-state index >= 15 is 0 Å². The lowest BCUT2D eigenvalue weighted by Gasteiger charge is -2.08. The number of nitrogens with one attached hydrogen (secondary N) is 1. The van der Waals surface area contributed by atoms with Gasteiger partial charge in [0, 0.05) is 42.4 Å². The summed E-state index contributed by atoms with van der Waals surface area (Å²) in [6.07, 6.45) is 5.55. The Labute approximate surface area is 165 Å². The highest BCUT2D eigenvalue weighted by Crippen LogP contribution is 2.15. The molecule has 5 heteroatoms. The molecule has 0 atom stereocenters. The van der Waals surface area contributed by atoms with Crippen LogP contribution in [0.4, 0.5) is 0 Å². The Morgan fingerprint density at radius 1 is 0.893 bits per heavy atom. The molecule has 0 saturated heterocycles. The summed E-state index contributed by atoms with van der Waals surface area (Å²) in [6.45, 7) is 6.69. The zero-order valence-corrected chi connectivity index (χ0v) is 16.3. The second kappa shape index (κ2) is 8.23. The van der Waals surface area contributed by atoms with E-state index in [2.05, 4.69) is 77.4 Å². The van der Waals surface area contributed by atoms with Gasteiger partial charge in [0.05, 0.1) is 18.6 Å². The molecule has 0 aliphatic heterocycles. The molecule has 0 bridgehead atoms. The van der Waals surface area contributed by atoms with Crippen LogP contribution in [0.3, 0.4) is 0 Å². The summed E-state index contributed by atoms with van der Waals surface area (Å²) < 4.78 is 4.10. The highest BCUT2D eigenvalue weighted by molar-refractivity contribution is 5.34. The lowest BCUT2D eigenvalue weighted by molar-refractivity contribution is 0.653. The van der Waals surface area contributed by atoms with Crippen LogP contribution < -0.4 is 5.32 Å². The number of rotatable bonds is 7. The van der Waals surface area contributed by atoms with E-state index in [1.54, 1.807) is 6.20 Å². The van der Waals surface area contributed by atoms with Gasteiger partial charge in [0.1, 0.15) is 0 Å². The number of hydrogen-bond donors (Lipinski definition) is 1. The molecule has 2 aromatic heterocycles. The first kappa shape index (κ1) is 18.2. The molecule has 5 nitrogen and oxygen atoms in total. The quantitative estimate of drug-likeness (QED) is 0.534. The number of aryl methyl sites for hydroxylation is 1. The Morgan fingerprint density at radius 2 is 1.68 bits per heavy atom. The highest BCUT2D eigenvalue weighted by Gasteiger charge is 2.11. The molecule has 0 aliphatic carbocycles. The van der Waals surface area contributed by atoms with Gasteiger partial charge in [0.15, 0.2) is 0 Å². The number of hydrogen-bond acceptors (Lipinski definition) is 3. The van der Waals surface area contributed by atoms with E-state index in [0.29, 0.717) is 0 Å². The molecule has 28 heavy (non-hydrogen) atoms. The number of benzene rings is 2. The molecule has 0 unspecified atom stereocenters. The molecule has 2 aromatic carbocycles. The van der Waals surface area contributed by atoms with Gasteiger partial charge in [-0.2, -0.15) is 5.10 Å². The average molecular weight is 371 g/mol. The van der Waals surface area contributed by atoms with Crippen molar-refractivity contribution in [1.82, 2.24) is 24.6 Å². The third kappa shape index (κ3) is 4.05. The van der Waals surface area contributed by atoms with E-state index in [1.165, 1.54) is 22.4 Å². The topological polar surface area (TPSA) is 47.7 Å². The Hall–Kier alpha value is -3.18. The molecule has 0 radical (unpaired) electrons. The molecular formula is C23H25N5. The van der Waals surface area contributed by atoms with E-state index in [-0.39, 0.29) is 0 Å². The molecule has 142 valence electrons. The summed E-state index contributed by atoms with van der Waals surface area (Å²) in [7, 11) is 0. The predicted molar refractivity (Wildman–Crippen MR) is 111 cm³/mol. The summed E-state index contributed by atoms with van der Waals surface area (Å²) in [5.74, 6) is 0. The van der Waals surface area contributed by atoms with Gasteiger partial charge < -0.3 is 9.88 Å². The van der Waals surface area contributed by atoms with Gasteiger partial charge in [-0.1, -0.05) is 42.5 Å². The smallest absolute Gasteiger partial charge is 0.0991 e. The molecule has 0 saturated carbocycles. The van der Waals surface area contributed by atoms with Gasteiger partial charge in [-0.05, 0) is 37.1 Å². The minimum Gasteiger partial charge on any atom is -0.308 e. The maximum absolute atomic E-state index is 4.74. The lowest BCUT2D eigenvalue weighted by Crippen LogP contribution is -2.14. The molecule has 2 heterocycles. The Kier molecular flexibility index (Phi) is 5.35. The second-order valence-electron chi connectivity index (χ2n) is 7.03. The molecule has 4 rings (SSSR count). The van der Waals surface area contributed by atoms with Crippen molar-refractivity contribution in [2.45, 2.75) is 33.5 Å². The van der Waals surface area contributed by atoms with Crippen molar-refractivity contribution >= 4 is 0 Å². The zero-order chi connectivity index (χ0) is 19.3. The van der Waals surface area contributed by atoms with Gasteiger partial charge in [-0.3, -0.25) is 4.68 Å². The third-order valence-corrected chi connectivity index (χ3v) is 5.08. The summed E-state index contributed by atoms with van der Waals surface area (Å²) >= 11 is 0. The largest absolute Gasteiger partial charge is 0.308 e. The molecule has 0 amide bonds. The van der Waals surface area contributed by atoms with Crippen molar-refractivity contribution in [2.75, 3.05) is 0 Å². The Balaban J connectivity index is 1.37. The highest BCUT2D eigenvalue weighted by atomic mass is 15.3. The van der Waals surface area contributed by atoms with E-state index < -0.39 is 0 Å². The van der Waals surface area contributed by atoms with Crippen LogP contribution in [-0.4, -0.2) is 19.3 Å². The first-order chi connectivity index (χ1) is 13.7. The number of imidazole rings is 1. The maximum atomic E-state index is 4.74. The van der Waals surface area contributed by atoms with Crippen LogP contribution in [0.5, 0.6) is 0 Å². The van der Waals surface area contributed by atoms with E-state index in [1.807, 2.05) is 23.2 Å². The monoisotopic (exact) mass is 371 g/mol. The fourth-order valence-electron chi connectivity index (χ4n) is 3.43. The second-order valence-corrected chi connectivity index (χ2v) is 7.03. The summed E-state index contributed by atoms with van der Waals surface area (Å²) in [5.41, 5.74) is 7.25. The van der Waals surface area contributed by atoms with Crippen molar-refractivity contribution in [2.24, 2.45) is 0 Å². The standard InChI is InChI=1S/C23H25N5/c1-18-23(19(2)28(26-18)16-21-6-4-3-5-7-21)15-25-14-20-8-10-22(11-9-20)27-13-12-24-17-27/h3-13,17,25H,14-16H2,1-2H3. The van der Waals surface area contributed by atoms with E-state index in [4.69, 9.17) is 5.10 Å². The van der Waals surface area contributed by atoms with Gasteiger partial charge >= 0.3 is 0 Å². The van der Waals surface area contributed by atoms with E-state index in [0.717, 1.165) is 31.0 Å². The lowest BCUT2D eigenvalue weighted by atomic mass is 10.1. The zero-order valence-electron chi connectivity index (χ0n) is 16.3. The van der Waals surface area contributed by atoms with Gasteiger partial charge in [-0.15, -0.1) is 0 Å². The minimum absolute atomic E-state index is 0.809. The van der Waals surface area contributed by atoms with Crippen LogP contribution in [-0.2, 0) is 19.6 Å². The van der Waals surface area contributed by atoms with E-state index in [9.17, 15) is 0 Å². The fourth-order valence-corrected chi connectivity index (χ4v) is 3.43. The summed E-state index contributed by atoms with van der Waals surface area (Å²) in [6, 6.07) is 19.0. The maximum Gasteiger partial charge on any atom is 0.0991 e. The van der Waals surface area contributed by atoms with Crippen LogP contribution >= 0.6 is 0 Å². The Bertz CT molecular complexity index is 1020. The van der Waals surface area contributed by atoms with Crippen LogP contribution in [0.2, 0.25) is 0 Å². The fraction of sp³-hybridized carbons (Fsp3) is 0.217. The molecule has 0 aliphatic rings. The molecular weight excluding hydrogens is 346 g/mol. The average Bonchev–Trinajstić information content (AvgIpc) is 3.34. The molecule has 1 N–H and O–H groups in total. The van der Waals surface area contributed by atoms with Crippen molar-refractivity contribution in [1.29, 1.82) is 0 Å². The normalized spacial score (nSPS) is 11.1. The molecule has 4 aromatic rings. The van der Waals surface area contributed by atoms with Crippen molar-refractivity contribution in [3.63, 3.8) is 0 Å². The minimum atomic E-state index is 0.809. The van der Waals surface area contributed by atoms with Crippen LogP contribution in [0, 0.1) is 13.8 Å². The van der Waals surface area contributed by atoms with Crippen LogP contribution in [0.15, 0.2) is 73.3 Å². The predicted octanol–water partition coefficient (Wildman–Crippen LogP) is 4.02. The van der Waals surface area contributed by atoms with Crippen molar-refractivity contribution in [3.05, 3.63) is 101 Å². The molecule has 0 fully saturated rings. The summed E-state index contributed by atoms with van der Waals surface area (Å²) in [5, 5.41) is 8.30. The van der Waals surface area contributed by atoms with Gasteiger partial charge in [0.25, 0.3) is 0 Å². The van der Waals surface area contributed by atoms with Crippen molar-refractivity contribution < 1.29 is 0 Å². The van der Waals surface area contributed by atoms with Gasteiger partial charge in [-0.25, -0.2) is 4.98 Å². The SMILES string of the molecule is Cc1nn(Cc2ccccc2)c(C)c1CNCc1ccc(-n2ccnc2)cc1. The van der Waals surface area contributed by atoms with Gasteiger partial charge in [0.2, 0.25) is 0 Å². The molecule has 0 spiro atoms. The first-order valence-corrected chi connectivity index (χ1v) is 9.55. The first-order valence-electron chi connectivity index (χ1n) is 9.55. The van der Waals surface area contributed by atoms with Crippen LogP contribution in [0.25, 0.3) is 5.69 Å². The Morgan fingerprint density at radius 3 is 2.39 bits per heavy atom. The third-order valence-electron chi connectivity index (χ3n) is 5.08. The number of nitrogens with zero attached hydrogens (tertiary/aromatic N) is 4. The summed E-state index contributed by atoms with van der Waals surface area (Å²) in [4.78, 5) is 4.09. The van der Waals surface area contributed by atoms with Crippen LogP contribution in [0.1, 0.15) is 28.1 Å². The van der Waals surface area contributed by atoms with Crippen molar-refractivity contribution in [3.8, 4) is 5.69 Å².